The molecule has 1 atom stereocenters. The highest BCUT2D eigenvalue weighted by Gasteiger charge is 2.37. The zero-order chi connectivity index (χ0) is 17.3. The molecule has 23 heavy (non-hydrogen) atoms. The van der Waals surface area contributed by atoms with Crippen LogP contribution in [0.15, 0.2) is 40.7 Å². The van der Waals surface area contributed by atoms with Gasteiger partial charge in [-0.15, -0.1) is 0 Å². The number of halogens is 2. The summed E-state index contributed by atoms with van der Waals surface area (Å²) in [6.07, 6.45) is 0. The van der Waals surface area contributed by atoms with Crippen molar-refractivity contribution in [3.63, 3.8) is 0 Å². The third kappa shape index (κ3) is 3.21. The highest BCUT2D eigenvalue weighted by Crippen LogP contribution is 2.40. The van der Waals surface area contributed by atoms with Crippen LogP contribution in [0, 0.1) is 0 Å². The Labute approximate surface area is 143 Å². The van der Waals surface area contributed by atoms with E-state index in [4.69, 9.17) is 27.9 Å². The highest BCUT2D eigenvalue weighted by atomic mass is 35.5. The summed E-state index contributed by atoms with van der Waals surface area (Å²) in [7, 11) is 1.25. The number of ether oxygens (including phenoxy) is 1. The summed E-state index contributed by atoms with van der Waals surface area (Å²) in [6.45, 7) is 3.34. The maximum Gasteiger partial charge on any atom is 0.336 e. The van der Waals surface area contributed by atoms with Crippen molar-refractivity contribution in [2.75, 3.05) is 7.11 Å². The van der Waals surface area contributed by atoms with Crippen molar-refractivity contribution in [3.05, 3.63) is 56.3 Å². The highest BCUT2D eigenvalue weighted by molar-refractivity contribution is 6.42. The molecule has 0 bridgehead atoms. The van der Waals surface area contributed by atoms with Crippen LogP contribution >= 0.6 is 23.2 Å². The van der Waals surface area contributed by atoms with Gasteiger partial charge in [0.25, 0.3) is 0 Å². The molecule has 1 aliphatic rings. The molecule has 0 amide bonds. The van der Waals surface area contributed by atoms with Gasteiger partial charge in [0, 0.05) is 11.4 Å². The van der Waals surface area contributed by atoms with Gasteiger partial charge >= 0.3 is 11.9 Å². The Hall–Kier alpha value is -1.98. The monoisotopic (exact) mass is 355 g/mol. The zero-order valence-electron chi connectivity index (χ0n) is 12.7. The number of hydrogen-bond acceptors (Lipinski definition) is 4. The van der Waals surface area contributed by atoms with E-state index in [0.29, 0.717) is 22.0 Å². The minimum atomic E-state index is -1.13. The number of carboxylic acids is 1. The van der Waals surface area contributed by atoms with Crippen LogP contribution in [0.5, 0.6) is 0 Å². The second-order valence-electron chi connectivity index (χ2n) is 5.11. The van der Waals surface area contributed by atoms with Gasteiger partial charge in [-0.25, -0.2) is 9.59 Å². The Morgan fingerprint density at radius 1 is 1.13 bits per heavy atom. The Morgan fingerprint density at radius 2 is 1.74 bits per heavy atom. The number of aliphatic carboxylic acids is 1. The molecule has 2 N–H and O–H groups in total. The summed E-state index contributed by atoms with van der Waals surface area (Å²) in [4.78, 5) is 23.9. The topological polar surface area (TPSA) is 75.6 Å². The number of methoxy groups -OCH3 is 1. The first kappa shape index (κ1) is 17.4. The molecule has 1 aromatic rings. The number of carboxylic acid groups (broad SMARTS) is 1. The van der Waals surface area contributed by atoms with E-state index in [1.165, 1.54) is 7.11 Å². The fourth-order valence-electron chi connectivity index (χ4n) is 2.68. The number of hydrogen-bond donors (Lipinski definition) is 2. The molecule has 1 heterocycles. The molecule has 0 fully saturated rings. The molecule has 0 spiro atoms. The van der Waals surface area contributed by atoms with Gasteiger partial charge in [-0.1, -0.05) is 29.3 Å². The Kier molecular flexibility index (Phi) is 5.02. The van der Waals surface area contributed by atoms with Gasteiger partial charge < -0.3 is 15.2 Å². The summed E-state index contributed by atoms with van der Waals surface area (Å²) in [5, 5.41) is 13.1. The van der Waals surface area contributed by atoms with Crippen molar-refractivity contribution in [1.29, 1.82) is 0 Å². The lowest BCUT2D eigenvalue weighted by Gasteiger charge is -2.29. The summed E-state index contributed by atoms with van der Waals surface area (Å²) >= 11 is 12.0. The number of allylic oxidation sites excluding steroid dienone is 2. The summed E-state index contributed by atoms with van der Waals surface area (Å²) in [5.41, 5.74) is 1.84. The van der Waals surface area contributed by atoms with Crippen molar-refractivity contribution in [1.82, 2.24) is 5.32 Å². The molecular formula is C16H15Cl2NO4. The van der Waals surface area contributed by atoms with Gasteiger partial charge in [0.15, 0.2) is 0 Å². The largest absolute Gasteiger partial charge is 0.478 e. The van der Waals surface area contributed by atoms with Gasteiger partial charge in [0.1, 0.15) is 0 Å². The van der Waals surface area contributed by atoms with Crippen LogP contribution in [-0.4, -0.2) is 24.2 Å². The lowest BCUT2D eigenvalue weighted by Crippen LogP contribution is -2.31. The van der Waals surface area contributed by atoms with Gasteiger partial charge in [0.2, 0.25) is 0 Å². The number of carbonyl (C=O) groups is 2. The molecular weight excluding hydrogens is 341 g/mol. The van der Waals surface area contributed by atoms with E-state index in [1.54, 1.807) is 32.0 Å². The van der Waals surface area contributed by atoms with Crippen molar-refractivity contribution in [2.45, 2.75) is 19.8 Å². The van der Waals surface area contributed by atoms with Crippen molar-refractivity contribution >= 4 is 35.1 Å². The number of benzene rings is 1. The molecule has 5 nitrogen and oxygen atoms in total. The van der Waals surface area contributed by atoms with Crippen LogP contribution in [0.3, 0.4) is 0 Å². The molecule has 0 saturated carbocycles. The predicted octanol–water partition coefficient (Wildman–Crippen LogP) is 3.49. The molecule has 1 unspecified atom stereocenters. The average Bonchev–Trinajstić information content (AvgIpc) is 2.48. The Morgan fingerprint density at radius 3 is 2.26 bits per heavy atom. The smallest absolute Gasteiger partial charge is 0.336 e. The fraction of sp³-hybridized carbons (Fsp3) is 0.250. The number of nitrogens with one attached hydrogen (secondary N) is 1. The van der Waals surface area contributed by atoms with E-state index in [-0.39, 0.29) is 16.2 Å². The van der Waals surface area contributed by atoms with Gasteiger partial charge in [-0.05, 0) is 31.5 Å². The Bertz CT molecular complexity index is 752. The molecule has 122 valence electrons. The predicted molar refractivity (Wildman–Crippen MR) is 87.4 cm³/mol. The van der Waals surface area contributed by atoms with Crippen LogP contribution in [0.25, 0.3) is 0 Å². The van der Waals surface area contributed by atoms with Gasteiger partial charge in [-0.2, -0.15) is 0 Å². The van der Waals surface area contributed by atoms with E-state index in [0.717, 1.165) is 0 Å². The second-order valence-corrected chi connectivity index (χ2v) is 5.92. The van der Waals surface area contributed by atoms with Crippen molar-refractivity contribution < 1.29 is 19.4 Å². The van der Waals surface area contributed by atoms with E-state index >= 15 is 0 Å². The number of rotatable bonds is 3. The minimum absolute atomic E-state index is 0.0642. The average molecular weight is 356 g/mol. The molecule has 0 radical (unpaired) electrons. The van der Waals surface area contributed by atoms with E-state index < -0.39 is 17.9 Å². The number of carbonyl (C=O) groups excluding carboxylic acids is 1. The van der Waals surface area contributed by atoms with Crippen molar-refractivity contribution in [3.8, 4) is 0 Å². The summed E-state index contributed by atoms with van der Waals surface area (Å²) < 4.78 is 4.82. The zero-order valence-corrected chi connectivity index (χ0v) is 14.2. The third-order valence-corrected chi connectivity index (χ3v) is 4.41. The third-order valence-electron chi connectivity index (χ3n) is 3.67. The molecule has 7 heteroatoms. The minimum Gasteiger partial charge on any atom is -0.478 e. The molecule has 1 aliphatic heterocycles. The van der Waals surface area contributed by atoms with Crippen LogP contribution in [-0.2, 0) is 14.3 Å². The Balaban J connectivity index is 2.71. The van der Waals surface area contributed by atoms with E-state index in [9.17, 15) is 14.7 Å². The number of dihydropyridines is 1. The molecule has 0 aromatic heterocycles. The van der Waals surface area contributed by atoms with E-state index in [1.807, 2.05) is 0 Å². The first-order valence-corrected chi connectivity index (χ1v) is 7.48. The fourth-order valence-corrected chi connectivity index (χ4v) is 2.99. The first-order valence-electron chi connectivity index (χ1n) is 6.73. The number of esters is 1. The standard InChI is InChI=1S/C16H15Cl2NO4/c1-7-12(15(20)21)14(9-4-5-10(17)11(18)6-9)13(8(2)19-7)16(22)23-3/h4-6,14,19H,1-3H3,(H,20,21). The molecule has 0 saturated heterocycles. The van der Waals surface area contributed by atoms with E-state index in [2.05, 4.69) is 5.32 Å². The van der Waals surface area contributed by atoms with Crippen LogP contribution in [0.2, 0.25) is 10.0 Å². The maximum absolute atomic E-state index is 12.2. The maximum atomic E-state index is 12.2. The molecule has 2 rings (SSSR count). The van der Waals surface area contributed by atoms with Crippen LogP contribution in [0.4, 0.5) is 0 Å². The lowest BCUT2D eigenvalue weighted by molar-refractivity contribution is -0.136. The summed E-state index contributed by atoms with van der Waals surface area (Å²) in [6, 6.07) is 4.78. The SMILES string of the molecule is COC(=O)C1=C(C)NC(C)=C(C(=O)O)C1c1ccc(Cl)c(Cl)c1. The summed E-state index contributed by atoms with van der Waals surface area (Å²) in [5.74, 6) is -2.52. The van der Waals surface area contributed by atoms with Crippen molar-refractivity contribution in [2.24, 2.45) is 0 Å². The first-order chi connectivity index (χ1) is 10.8. The quantitative estimate of drug-likeness (QED) is 0.811. The molecule has 1 aromatic carbocycles. The van der Waals surface area contributed by atoms with Gasteiger partial charge in [0.05, 0.1) is 34.2 Å². The second kappa shape index (κ2) is 6.64. The van der Waals surface area contributed by atoms with Crippen LogP contribution < -0.4 is 5.32 Å². The lowest BCUT2D eigenvalue weighted by atomic mass is 9.80. The normalized spacial score (nSPS) is 17.9. The molecule has 0 aliphatic carbocycles. The van der Waals surface area contributed by atoms with Crippen LogP contribution in [0.1, 0.15) is 25.3 Å². The van der Waals surface area contributed by atoms with Gasteiger partial charge in [-0.3, -0.25) is 0 Å².